The molecule has 0 aliphatic carbocycles. The predicted molar refractivity (Wildman–Crippen MR) is 90.4 cm³/mol. The topological polar surface area (TPSA) is 24.5 Å². The standard InChI is InChI=1S/C19H22F2N2O/c20-17-3-1-15(2-4-17)13-16-14-18(21)5-6-19(16)24-12-11-23-9-7-22-8-10-23/h1-6,14,22H,7-13H2. The number of rotatable bonds is 6. The maximum absolute atomic E-state index is 13.6. The average molecular weight is 332 g/mol. The van der Waals surface area contributed by atoms with Gasteiger partial charge in [-0.3, -0.25) is 4.90 Å². The molecule has 1 aliphatic heterocycles. The summed E-state index contributed by atoms with van der Waals surface area (Å²) in [6.07, 6.45) is 0.515. The first-order chi connectivity index (χ1) is 11.7. The number of hydrogen-bond donors (Lipinski definition) is 1. The lowest BCUT2D eigenvalue weighted by molar-refractivity contribution is 0.190. The summed E-state index contributed by atoms with van der Waals surface area (Å²) in [5, 5.41) is 3.32. The first-order valence-electron chi connectivity index (χ1n) is 8.29. The molecule has 0 aromatic heterocycles. The molecule has 0 atom stereocenters. The largest absolute Gasteiger partial charge is 0.492 e. The van der Waals surface area contributed by atoms with E-state index in [1.54, 1.807) is 18.2 Å². The molecule has 5 heteroatoms. The molecule has 2 aromatic carbocycles. The zero-order valence-corrected chi connectivity index (χ0v) is 13.6. The maximum atomic E-state index is 13.6. The summed E-state index contributed by atoms with van der Waals surface area (Å²) >= 11 is 0. The summed E-state index contributed by atoms with van der Waals surface area (Å²) in [4.78, 5) is 2.35. The van der Waals surface area contributed by atoms with Crippen LogP contribution in [-0.4, -0.2) is 44.2 Å². The van der Waals surface area contributed by atoms with Crippen LogP contribution < -0.4 is 10.1 Å². The van der Waals surface area contributed by atoms with Crippen LogP contribution in [0.25, 0.3) is 0 Å². The summed E-state index contributed by atoms with van der Waals surface area (Å²) in [6, 6.07) is 10.8. The van der Waals surface area contributed by atoms with Gasteiger partial charge in [0.05, 0.1) is 0 Å². The van der Waals surface area contributed by atoms with Gasteiger partial charge in [-0.05, 0) is 35.9 Å². The third-order valence-corrected chi connectivity index (χ3v) is 4.21. The highest BCUT2D eigenvalue weighted by molar-refractivity contribution is 5.38. The second-order valence-corrected chi connectivity index (χ2v) is 6.00. The Balaban J connectivity index is 1.62. The van der Waals surface area contributed by atoms with Gasteiger partial charge in [-0.2, -0.15) is 0 Å². The zero-order chi connectivity index (χ0) is 16.8. The Morgan fingerprint density at radius 3 is 2.42 bits per heavy atom. The van der Waals surface area contributed by atoms with Crippen LogP contribution in [0.4, 0.5) is 8.78 Å². The molecule has 3 rings (SSSR count). The summed E-state index contributed by atoms with van der Waals surface area (Å²) in [6.45, 7) is 5.49. The smallest absolute Gasteiger partial charge is 0.123 e. The Bertz CT molecular complexity index is 655. The molecule has 0 radical (unpaired) electrons. The zero-order valence-electron chi connectivity index (χ0n) is 13.6. The van der Waals surface area contributed by atoms with Crippen LogP contribution in [0.2, 0.25) is 0 Å². The van der Waals surface area contributed by atoms with Gasteiger partial charge < -0.3 is 10.1 Å². The molecular formula is C19H22F2N2O. The van der Waals surface area contributed by atoms with Gasteiger partial charge in [0.25, 0.3) is 0 Å². The van der Waals surface area contributed by atoms with Crippen LogP contribution in [0.5, 0.6) is 5.75 Å². The molecule has 3 nitrogen and oxygen atoms in total. The highest BCUT2D eigenvalue weighted by Gasteiger charge is 2.11. The van der Waals surface area contributed by atoms with E-state index in [4.69, 9.17) is 4.74 Å². The van der Waals surface area contributed by atoms with Crippen molar-refractivity contribution in [2.75, 3.05) is 39.3 Å². The lowest BCUT2D eigenvalue weighted by Gasteiger charge is -2.27. The monoisotopic (exact) mass is 332 g/mol. The van der Waals surface area contributed by atoms with Crippen molar-refractivity contribution >= 4 is 0 Å². The number of nitrogens with zero attached hydrogens (tertiary/aromatic N) is 1. The fraction of sp³-hybridized carbons (Fsp3) is 0.368. The van der Waals surface area contributed by atoms with E-state index in [1.807, 2.05) is 0 Å². The Labute approximate surface area is 141 Å². The molecule has 0 bridgehead atoms. The third kappa shape index (κ3) is 4.76. The van der Waals surface area contributed by atoms with Crippen molar-refractivity contribution in [2.24, 2.45) is 0 Å². The van der Waals surface area contributed by atoms with Gasteiger partial charge in [-0.25, -0.2) is 8.78 Å². The van der Waals surface area contributed by atoms with E-state index in [-0.39, 0.29) is 11.6 Å². The van der Waals surface area contributed by atoms with E-state index in [9.17, 15) is 8.78 Å². The fourth-order valence-electron chi connectivity index (χ4n) is 2.87. The van der Waals surface area contributed by atoms with Crippen molar-refractivity contribution in [1.82, 2.24) is 10.2 Å². The van der Waals surface area contributed by atoms with Crippen LogP contribution in [0.3, 0.4) is 0 Å². The van der Waals surface area contributed by atoms with E-state index < -0.39 is 0 Å². The van der Waals surface area contributed by atoms with Crippen LogP contribution in [0, 0.1) is 11.6 Å². The molecule has 1 aliphatic rings. The first-order valence-corrected chi connectivity index (χ1v) is 8.29. The maximum Gasteiger partial charge on any atom is 0.123 e. The van der Waals surface area contributed by atoms with Gasteiger partial charge in [0, 0.05) is 44.7 Å². The van der Waals surface area contributed by atoms with E-state index in [0.29, 0.717) is 18.8 Å². The summed E-state index contributed by atoms with van der Waals surface area (Å²) in [5.41, 5.74) is 1.70. The number of piperazine rings is 1. The molecule has 0 saturated carbocycles. The average Bonchev–Trinajstić information content (AvgIpc) is 2.60. The Kier molecular flexibility index (Phi) is 5.77. The highest BCUT2D eigenvalue weighted by atomic mass is 19.1. The van der Waals surface area contributed by atoms with E-state index in [0.717, 1.165) is 43.9 Å². The summed E-state index contributed by atoms with van der Waals surface area (Å²) < 4.78 is 32.5. The molecule has 1 fully saturated rings. The molecule has 24 heavy (non-hydrogen) atoms. The van der Waals surface area contributed by atoms with Crippen LogP contribution >= 0.6 is 0 Å². The van der Waals surface area contributed by atoms with Crippen molar-refractivity contribution in [2.45, 2.75) is 6.42 Å². The van der Waals surface area contributed by atoms with Gasteiger partial charge in [0.1, 0.15) is 24.0 Å². The highest BCUT2D eigenvalue weighted by Crippen LogP contribution is 2.23. The van der Waals surface area contributed by atoms with Crippen molar-refractivity contribution in [3.05, 3.63) is 65.2 Å². The minimum Gasteiger partial charge on any atom is -0.492 e. The number of benzene rings is 2. The minimum atomic E-state index is -0.290. The Morgan fingerprint density at radius 1 is 0.958 bits per heavy atom. The number of hydrogen-bond acceptors (Lipinski definition) is 3. The lowest BCUT2D eigenvalue weighted by Crippen LogP contribution is -2.44. The Morgan fingerprint density at radius 2 is 1.67 bits per heavy atom. The lowest BCUT2D eigenvalue weighted by atomic mass is 10.0. The molecule has 1 heterocycles. The fourth-order valence-corrected chi connectivity index (χ4v) is 2.87. The summed E-state index contributed by atoms with van der Waals surface area (Å²) in [5.74, 6) is 0.128. The van der Waals surface area contributed by atoms with Crippen molar-refractivity contribution in [1.29, 1.82) is 0 Å². The first kappa shape index (κ1) is 16.9. The normalized spacial score (nSPS) is 15.4. The molecule has 0 unspecified atom stereocenters. The van der Waals surface area contributed by atoms with E-state index >= 15 is 0 Å². The van der Waals surface area contributed by atoms with Crippen molar-refractivity contribution < 1.29 is 13.5 Å². The summed E-state index contributed by atoms with van der Waals surface area (Å²) in [7, 11) is 0. The van der Waals surface area contributed by atoms with Crippen molar-refractivity contribution in [3.63, 3.8) is 0 Å². The molecular weight excluding hydrogens is 310 g/mol. The molecule has 0 amide bonds. The number of halogens is 2. The molecule has 2 aromatic rings. The Hall–Kier alpha value is -1.98. The van der Waals surface area contributed by atoms with Gasteiger partial charge in [0.2, 0.25) is 0 Å². The van der Waals surface area contributed by atoms with Gasteiger partial charge in [-0.1, -0.05) is 12.1 Å². The number of ether oxygens (including phenoxy) is 1. The quantitative estimate of drug-likeness (QED) is 0.880. The van der Waals surface area contributed by atoms with Gasteiger partial charge >= 0.3 is 0 Å². The molecule has 128 valence electrons. The minimum absolute atomic E-state index is 0.273. The second kappa shape index (κ2) is 8.22. The van der Waals surface area contributed by atoms with Gasteiger partial charge in [0.15, 0.2) is 0 Å². The van der Waals surface area contributed by atoms with E-state index in [1.165, 1.54) is 24.3 Å². The van der Waals surface area contributed by atoms with Gasteiger partial charge in [-0.15, -0.1) is 0 Å². The molecule has 1 saturated heterocycles. The van der Waals surface area contributed by atoms with Crippen LogP contribution in [-0.2, 0) is 6.42 Å². The van der Waals surface area contributed by atoms with Crippen LogP contribution in [0.15, 0.2) is 42.5 Å². The van der Waals surface area contributed by atoms with Crippen molar-refractivity contribution in [3.8, 4) is 5.75 Å². The molecule has 1 N–H and O–H groups in total. The molecule has 0 spiro atoms. The third-order valence-electron chi connectivity index (χ3n) is 4.21. The van der Waals surface area contributed by atoms with Crippen LogP contribution in [0.1, 0.15) is 11.1 Å². The number of nitrogens with one attached hydrogen (secondary N) is 1. The second-order valence-electron chi connectivity index (χ2n) is 6.00. The van der Waals surface area contributed by atoms with E-state index in [2.05, 4.69) is 10.2 Å². The SMILES string of the molecule is Fc1ccc(Cc2cc(F)ccc2OCCN2CCNCC2)cc1. The predicted octanol–water partition coefficient (Wildman–Crippen LogP) is 2.84.